The van der Waals surface area contributed by atoms with E-state index in [-0.39, 0.29) is 11.3 Å². The average molecular weight is 238 g/mol. The Morgan fingerprint density at radius 3 is 2.59 bits per heavy atom. The van der Waals surface area contributed by atoms with Gasteiger partial charge < -0.3 is 9.99 Å². The van der Waals surface area contributed by atoms with E-state index in [2.05, 4.69) is 0 Å². The molecule has 1 N–H and O–H groups in total. The van der Waals surface area contributed by atoms with Crippen LogP contribution in [0.4, 0.5) is 0 Å². The second-order valence-electron chi connectivity index (χ2n) is 4.58. The summed E-state index contributed by atoms with van der Waals surface area (Å²) in [6, 6.07) is 4.88. The number of carboxylic acids is 1. The van der Waals surface area contributed by atoms with Gasteiger partial charge in [0.15, 0.2) is 5.75 Å². The zero-order valence-electron chi connectivity index (χ0n) is 10.6. The first kappa shape index (κ1) is 13.5. The summed E-state index contributed by atoms with van der Waals surface area (Å²) in [5.74, 6) is -0.795. The minimum absolute atomic E-state index is 0.0995. The lowest BCUT2D eigenvalue weighted by Crippen LogP contribution is -2.25. The molecule has 0 radical (unpaired) electrons. The van der Waals surface area contributed by atoms with Gasteiger partial charge in [0, 0.05) is 0 Å². The Morgan fingerprint density at radius 2 is 2.06 bits per heavy atom. The van der Waals surface area contributed by atoms with Crippen LogP contribution in [0, 0.1) is 6.92 Å². The van der Waals surface area contributed by atoms with E-state index in [4.69, 9.17) is 14.9 Å². The fourth-order valence-electron chi connectivity index (χ4n) is 1.09. The molecule has 0 saturated carbocycles. The Hall–Kier alpha value is -1.55. The standard InChI is InChI=1S/C13H18O4/c1-5-13(3,4)17-16-11-8-9(2)6-7-10(11)12(14)15/h6-8H,5H2,1-4H3,(H,14,15). The Morgan fingerprint density at radius 1 is 1.41 bits per heavy atom. The molecule has 0 saturated heterocycles. The lowest BCUT2D eigenvalue weighted by molar-refractivity contribution is -0.281. The smallest absolute Gasteiger partial charge is 0.339 e. The molecular formula is C13H18O4. The lowest BCUT2D eigenvalue weighted by atomic mass is 10.1. The summed E-state index contributed by atoms with van der Waals surface area (Å²) in [7, 11) is 0. The molecule has 0 aliphatic rings. The highest BCUT2D eigenvalue weighted by atomic mass is 17.2. The van der Waals surface area contributed by atoms with Crippen LogP contribution in [-0.4, -0.2) is 16.7 Å². The molecule has 0 atom stereocenters. The summed E-state index contributed by atoms with van der Waals surface area (Å²) in [6.07, 6.45) is 0.765. The molecule has 0 aliphatic heterocycles. The highest BCUT2D eigenvalue weighted by Crippen LogP contribution is 2.23. The van der Waals surface area contributed by atoms with Crippen LogP contribution >= 0.6 is 0 Å². The van der Waals surface area contributed by atoms with Gasteiger partial charge in [-0.3, -0.25) is 0 Å². The quantitative estimate of drug-likeness (QED) is 0.632. The SMILES string of the molecule is CCC(C)(C)OOc1cc(C)ccc1C(=O)O. The normalized spacial score (nSPS) is 11.3. The maximum atomic E-state index is 11.0. The fraction of sp³-hybridized carbons (Fsp3) is 0.462. The summed E-state index contributed by atoms with van der Waals surface area (Å²) < 4.78 is 0. The number of aromatic carboxylic acids is 1. The van der Waals surface area contributed by atoms with Crippen LogP contribution in [0.25, 0.3) is 0 Å². The van der Waals surface area contributed by atoms with Gasteiger partial charge >= 0.3 is 5.97 Å². The van der Waals surface area contributed by atoms with Crippen molar-refractivity contribution in [2.45, 2.75) is 39.7 Å². The second-order valence-corrected chi connectivity index (χ2v) is 4.58. The summed E-state index contributed by atoms with van der Waals surface area (Å²) in [6.45, 7) is 7.59. The molecule has 0 amide bonds. The number of carbonyl (C=O) groups is 1. The molecule has 0 aromatic heterocycles. The minimum atomic E-state index is -1.03. The summed E-state index contributed by atoms with van der Waals surface area (Å²) in [4.78, 5) is 21.4. The zero-order chi connectivity index (χ0) is 13.1. The highest BCUT2D eigenvalue weighted by Gasteiger charge is 2.20. The van der Waals surface area contributed by atoms with Gasteiger partial charge in [0.2, 0.25) is 0 Å². The van der Waals surface area contributed by atoms with Crippen LogP contribution in [0.2, 0.25) is 0 Å². The van der Waals surface area contributed by atoms with Gasteiger partial charge in [-0.15, -0.1) is 0 Å². The van der Waals surface area contributed by atoms with Crippen molar-refractivity contribution in [3.8, 4) is 5.75 Å². The minimum Gasteiger partial charge on any atom is -0.478 e. The maximum absolute atomic E-state index is 11.0. The second kappa shape index (κ2) is 5.19. The van der Waals surface area contributed by atoms with Crippen LogP contribution in [0.15, 0.2) is 18.2 Å². The Kier molecular flexibility index (Phi) is 4.12. The van der Waals surface area contributed by atoms with Crippen molar-refractivity contribution < 1.29 is 19.7 Å². The number of hydrogen-bond donors (Lipinski definition) is 1. The van der Waals surface area contributed by atoms with Crippen molar-refractivity contribution in [2.75, 3.05) is 0 Å². The first-order chi connectivity index (χ1) is 7.85. The number of carboxylic acid groups (broad SMARTS) is 1. The number of benzene rings is 1. The third-order valence-electron chi connectivity index (χ3n) is 2.58. The van der Waals surface area contributed by atoms with E-state index < -0.39 is 11.6 Å². The largest absolute Gasteiger partial charge is 0.478 e. The highest BCUT2D eigenvalue weighted by molar-refractivity contribution is 5.90. The molecule has 94 valence electrons. The van der Waals surface area contributed by atoms with Crippen LogP contribution in [0.1, 0.15) is 43.1 Å². The molecule has 0 spiro atoms. The van der Waals surface area contributed by atoms with Gasteiger partial charge in [-0.1, -0.05) is 13.0 Å². The molecule has 0 aliphatic carbocycles. The molecule has 0 unspecified atom stereocenters. The summed E-state index contributed by atoms with van der Waals surface area (Å²) >= 11 is 0. The molecule has 1 aromatic rings. The van der Waals surface area contributed by atoms with Crippen molar-refractivity contribution in [3.05, 3.63) is 29.3 Å². The van der Waals surface area contributed by atoms with Crippen LogP contribution in [0.3, 0.4) is 0 Å². The van der Waals surface area contributed by atoms with E-state index in [0.29, 0.717) is 0 Å². The fourth-order valence-corrected chi connectivity index (χ4v) is 1.09. The Labute approximate surface area is 101 Å². The van der Waals surface area contributed by atoms with Gasteiger partial charge in [0.25, 0.3) is 0 Å². The average Bonchev–Trinajstić information content (AvgIpc) is 2.26. The molecule has 1 aromatic carbocycles. The van der Waals surface area contributed by atoms with Crippen molar-refractivity contribution in [2.24, 2.45) is 0 Å². The van der Waals surface area contributed by atoms with E-state index >= 15 is 0 Å². The molecule has 0 bridgehead atoms. The van der Waals surface area contributed by atoms with Crippen molar-refractivity contribution in [1.29, 1.82) is 0 Å². The molecule has 0 heterocycles. The topological polar surface area (TPSA) is 55.8 Å². The molecule has 4 heteroatoms. The van der Waals surface area contributed by atoms with Gasteiger partial charge in [0.1, 0.15) is 11.2 Å². The van der Waals surface area contributed by atoms with E-state index in [1.165, 1.54) is 6.07 Å². The molecular weight excluding hydrogens is 220 g/mol. The first-order valence-electron chi connectivity index (χ1n) is 5.55. The number of hydrogen-bond acceptors (Lipinski definition) is 3. The van der Waals surface area contributed by atoms with Crippen LogP contribution < -0.4 is 4.89 Å². The van der Waals surface area contributed by atoms with E-state index in [9.17, 15) is 4.79 Å². The van der Waals surface area contributed by atoms with Crippen LogP contribution in [-0.2, 0) is 4.89 Å². The van der Waals surface area contributed by atoms with Gasteiger partial charge in [0.05, 0.1) is 0 Å². The van der Waals surface area contributed by atoms with E-state index in [1.807, 2.05) is 27.7 Å². The van der Waals surface area contributed by atoms with Gasteiger partial charge in [-0.25, -0.2) is 4.79 Å². The predicted molar refractivity (Wildman–Crippen MR) is 64.2 cm³/mol. The van der Waals surface area contributed by atoms with Gasteiger partial charge in [-0.2, -0.15) is 4.89 Å². The van der Waals surface area contributed by atoms with E-state index in [0.717, 1.165) is 12.0 Å². The number of aryl methyl sites for hydroxylation is 1. The molecule has 17 heavy (non-hydrogen) atoms. The number of rotatable bonds is 5. The Balaban J connectivity index is 2.89. The first-order valence-corrected chi connectivity index (χ1v) is 5.55. The molecule has 1 rings (SSSR count). The van der Waals surface area contributed by atoms with Crippen LogP contribution in [0.5, 0.6) is 5.75 Å². The molecule has 4 nitrogen and oxygen atoms in total. The zero-order valence-corrected chi connectivity index (χ0v) is 10.6. The monoisotopic (exact) mass is 238 g/mol. The predicted octanol–water partition coefficient (Wildman–Crippen LogP) is 3.19. The van der Waals surface area contributed by atoms with Crippen molar-refractivity contribution >= 4 is 5.97 Å². The lowest BCUT2D eigenvalue weighted by Gasteiger charge is -2.22. The summed E-state index contributed by atoms with van der Waals surface area (Å²) in [5, 5.41) is 9.01. The Bertz CT molecular complexity index is 410. The third kappa shape index (κ3) is 3.75. The molecule has 0 fully saturated rings. The van der Waals surface area contributed by atoms with Crippen molar-refractivity contribution in [3.63, 3.8) is 0 Å². The maximum Gasteiger partial charge on any atom is 0.339 e. The van der Waals surface area contributed by atoms with Crippen molar-refractivity contribution in [1.82, 2.24) is 0 Å². The van der Waals surface area contributed by atoms with Gasteiger partial charge in [-0.05, 0) is 44.9 Å². The third-order valence-corrected chi connectivity index (χ3v) is 2.58. The van der Waals surface area contributed by atoms with E-state index in [1.54, 1.807) is 12.1 Å². The summed E-state index contributed by atoms with van der Waals surface area (Å²) in [5.41, 5.74) is 0.574.